The molecule has 0 spiro atoms. The summed E-state index contributed by atoms with van der Waals surface area (Å²) in [6, 6.07) is 3.87. The van der Waals surface area contributed by atoms with Crippen LogP contribution in [-0.2, 0) is 0 Å². The van der Waals surface area contributed by atoms with E-state index in [2.05, 4.69) is 10.2 Å². The molecule has 2 aromatic rings. The zero-order chi connectivity index (χ0) is 8.39. The molecule has 2 aromatic heterocycles. The van der Waals surface area contributed by atoms with Crippen LogP contribution in [0, 0.1) is 0 Å². The topological polar surface area (TPSA) is 45.8 Å². The lowest BCUT2D eigenvalue weighted by molar-refractivity contribution is 0.112. The third-order valence-electron chi connectivity index (χ3n) is 1.55. The van der Waals surface area contributed by atoms with Crippen molar-refractivity contribution in [1.82, 2.24) is 10.2 Å². The van der Waals surface area contributed by atoms with Crippen molar-refractivity contribution in [3.8, 4) is 10.6 Å². The molecule has 3 nitrogen and oxygen atoms in total. The van der Waals surface area contributed by atoms with Crippen LogP contribution in [0.5, 0.6) is 0 Å². The van der Waals surface area contributed by atoms with Crippen molar-refractivity contribution in [2.75, 3.05) is 0 Å². The predicted molar refractivity (Wildman–Crippen MR) is 47.3 cm³/mol. The SMILES string of the molecule is O=Cc1c[nH]nc1-c1cccs1. The minimum atomic E-state index is 0.609. The molecule has 0 aliphatic heterocycles. The van der Waals surface area contributed by atoms with E-state index in [1.165, 1.54) is 0 Å². The second-order valence-electron chi connectivity index (χ2n) is 2.28. The minimum Gasteiger partial charge on any atom is -0.298 e. The van der Waals surface area contributed by atoms with Gasteiger partial charge in [0.15, 0.2) is 6.29 Å². The number of aldehydes is 1. The Balaban J connectivity index is 2.53. The van der Waals surface area contributed by atoms with Crippen LogP contribution in [0.25, 0.3) is 10.6 Å². The molecule has 60 valence electrons. The van der Waals surface area contributed by atoms with Gasteiger partial charge in [-0.1, -0.05) is 6.07 Å². The number of aromatic nitrogens is 2. The van der Waals surface area contributed by atoms with E-state index < -0.39 is 0 Å². The fourth-order valence-electron chi connectivity index (χ4n) is 1.000. The number of carbonyl (C=O) groups excluding carboxylic acids is 1. The molecule has 2 rings (SSSR count). The Kier molecular flexibility index (Phi) is 1.75. The fourth-order valence-corrected chi connectivity index (χ4v) is 1.74. The monoisotopic (exact) mass is 178 g/mol. The van der Waals surface area contributed by atoms with Crippen LogP contribution in [0.3, 0.4) is 0 Å². The summed E-state index contributed by atoms with van der Waals surface area (Å²) in [5, 5.41) is 8.60. The van der Waals surface area contributed by atoms with Gasteiger partial charge in [0.1, 0.15) is 5.69 Å². The maximum Gasteiger partial charge on any atom is 0.153 e. The van der Waals surface area contributed by atoms with Crippen molar-refractivity contribution < 1.29 is 4.79 Å². The van der Waals surface area contributed by atoms with Gasteiger partial charge in [-0.15, -0.1) is 11.3 Å². The second-order valence-corrected chi connectivity index (χ2v) is 3.23. The van der Waals surface area contributed by atoms with Crippen LogP contribution in [-0.4, -0.2) is 16.5 Å². The number of aromatic amines is 1. The first kappa shape index (κ1) is 7.24. The van der Waals surface area contributed by atoms with Crippen molar-refractivity contribution in [3.63, 3.8) is 0 Å². The highest BCUT2D eigenvalue weighted by molar-refractivity contribution is 7.13. The Morgan fingerprint density at radius 3 is 3.17 bits per heavy atom. The Morgan fingerprint density at radius 1 is 1.58 bits per heavy atom. The minimum absolute atomic E-state index is 0.609. The molecular formula is C8H6N2OS. The molecule has 0 bridgehead atoms. The van der Waals surface area contributed by atoms with Crippen LogP contribution in [0.1, 0.15) is 10.4 Å². The number of thiophene rings is 1. The van der Waals surface area contributed by atoms with Crippen molar-refractivity contribution in [2.24, 2.45) is 0 Å². The molecule has 0 unspecified atom stereocenters. The molecule has 4 heteroatoms. The van der Waals surface area contributed by atoms with Gasteiger partial charge in [0.05, 0.1) is 10.4 Å². The summed E-state index contributed by atoms with van der Waals surface area (Å²) in [5.74, 6) is 0. The molecule has 12 heavy (non-hydrogen) atoms. The summed E-state index contributed by atoms with van der Waals surface area (Å²) in [7, 11) is 0. The standard InChI is InChI=1S/C8H6N2OS/c11-5-6-4-9-10-8(6)7-2-1-3-12-7/h1-5H,(H,9,10). The molecule has 0 aliphatic rings. The number of nitrogens with zero attached hydrogens (tertiary/aromatic N) is 1. The number of rotatable bonds is 2. The first-order valence-corrected chi connectivity index (χ1v) is 4.32. The van der Waals surface area contributed by atoms with Crippen molar-refractivity contribution in [1.29, 1.82) is 0 Å². The van der Waals surface area contributed by atoms with E-state index in [1.807, 2.05) is 17.5 Å². The average molecular weight is 178 g/mol. The summed E-state index contributed by atoms with van der Waals surface area (Å²) in [6.45, 7) is 0. The van der Waals surface area contributed by atoms with Gasteiger partial charge in [0, 0.05) is 6.20 Å². The lowest BCUT2D eigenvalue weighted by Gasteiger charge is -1.88. The lowest BCUT2D eigenvalue weighted by Crippen LogP contribution is -1.79. The Morgan fingerprint density at radius 2 is 2.50 bits per heavy atom. The van der Waals surface area contributed by atoms with Crippen molar-refractivity contribution in [2.45, 2.75) is 0 Å². The van der Waals surface area contributed by atoms with E-state index in [4.69, 9.17) is 0 Å². The molecule has 0 atom stereocenters. The zero-order valence-corrected chi connectivity index (χ0v) is 6.97. The molecule has 0 aromatic carbocycles. The summed E-state index contributed by atoms with van der Waals surface area (Å²) < 4.78 is 0. The first-order chi connectivity index (χ1) is 5.92. The van der Waals surface area contributed by atoms with E-state index in [9.17, 15) is 4.79 Å². The Bertz CT molecular complexity index is 377. The smallest absolute Gasteiger partial charge is 0.153 e. The summed E-state index contributed by atoms with van der Waals surface area (Å²) in [6.07, 6.45) is 2.40. The quantitative estimate of drug-likeness (QED) is 0.714. The largest absolute Gasteiger partial charge is 0.298 e. The Hall–Kier alpha value is -1.42. The fraction of sp³-hybridized carbons (Fsp3) is 0. The molecular weight excluding hydrogens is 172 g/mol. The third kappa shape index (κ3) is 1.06. The molecule has 1 N–H and O–H groups in total. The van der Waals surface area contributed by atoms with Gasteiger partial charge < -0.3 is 0 Å². The van der Waals surface area contributed by atoms with Crippen molar-refractivity contribution >= 4 is 17.6 Å². The van der Waals surface area contributed by atoms with Crippen LogP contribution in [0.15, 0.2) is 23.7 Å². The zero-order valence-electron chi connectivity index (χ0n) is 6.15. The van der Waals surface area contributed by atoms with E-state index in [1.54, 1.807) is 17.5 Å². The summed E-state index contributed by atoms with van der Waals surface area (Å²) >= 11 is 1.57. The molecule has 0 radical (unpaired) electrons. The van der Waals surface area contributed by atoms with Crippen LogP contribution in [0.2, 0.25) is 0 Å². The van der Waals surface area contributed by atoms with Gasteiger partial charge >= 0.3 is 0 Å². The predicted octanol–water partition coefficient (Wildman–Crippen LogP) is 1.95. The van der Waals surface area contributed by atoms with Crippen LogP contribution < -0.4 is 0 Å². The van der Waals surface area contributed by atoms with Crippen LogP contribution >= 0.6 is 11.3 Å². The van der Waals surface area contributed by atoms with Crippen LogP contribution in [0.4, 0.5) is 0 Å². The van der Waals surface area contributed by atoms with E-state index in [0.717, 1.165) is 16.9 Å². The maximum atomic E-state index is 10.5. The van der Waals surface area contributed by atoms with Gasteiger partial charge in [0.25, 0.3) is 0 Å². The van der Waals surface area contributed by atoms with Gasteiger partial charge in [-0.3, -0.25) is 9.89 Å². The number of H-pyrrole nitrogens is 1. The van der Waals surface area contributed by atoms with Gasteiger partial charge in [-0.2, -0.15) is 5.10 Å². The van der Waals surface area contributed by atoms with Gasteiger partial charge in [-0.25, -0.2) is 0 Å². The molecule has 2 heterocycles. The van der Waals surface area contributed by atoms with E-state index in [0.29, 0.717) is 5.56 Å². The van der Waals surface area contributed by atoms with E-state index >= 15 is 0 Å². The third-order valence-corrected chi connectivity index (χ3v) is 2.43. The number of hydrogen-bond acceptors (Lipinski definition) is 3. The van der Waals surface area contributed by atoms with Crippen molar-refractivity contribution in [3.05, 3.63) is 29.3 Å². The molecule has 0 amide bonds. The molecule has 0 saturated heterocycles. The first-order valence-electron chi connectivity index (χ1n) is 3.44. The highest BCUT2D eigenvalue weighted by atomic mass is 32.1. The van der Waals surface area contributed by atoms with E-state index in [-0.39, 0.29) is 0 Å². The lowest BCUT2D eigenvalue weighted by atomic mass is 10.2. The second kappa shape index (κ2) is 2.91. The summed E-state index contributed by atoms with van der Waals surface area (Å²) in [5.41, 5.74) is 1.34. The van der Waals surface area contributed by atoms with Gasteiger partial charge in [0.2, 0.25) is 0 Å². The number of carbonyl (C=O) groups is 1. The number of nitrogens with one attached hydrogen (secondary N) is 1. The molecule has 0 fully saturated rings. The average Bonchev–Trinajstić information content (AvgIpc) is 2.74. The normalized spacial score (nSPS) is 10.0. The summed E-state index contributed by atoms with van der Waals surface area (Å²) in [4.78, 5) is 11.5. The number of hydrogen-bond donors (Lipinski definition) is 1. The molecule has 0 aliphatic carbocycles. The Labute approximate surface area is 73.1 Å². The maximum absolute atomic E-state index is 10.5. The van der Waals surface area contributed by atoms with Gasteiger partial charge in [-0.05, 0) is 11.4 Å². The molecule has 0 saturated carbocycles. The highest BCUT2D eigenvalue weighted by Crippen LogP contribution is 2.24. The highest BCUT2D eigenvalue weighted by Gasteiger charge is 2.07.